The van der Waals surface area contributed by atoms with E-state index >= 15 is 0 Å². The van der Waals surface area contributed by atoms with Crippen molar-refractivity contribution in [1.29, 1.82) is 0 Å². The van der Waals surface area contributed by atoms with Crippen molar-refractivity contribution in [2.75, 3.05) is 6.54 Å². The van der Waals surface area contributed by atoms with Crippen molar-refractivity contribution in [3.05, 3.63) is 106 Å². The van der Waals surface area contributed by atoms with Gasteiger partial charge in [0.2, 0.25) is 11.8 Å². The molecule has 0 fully saturated rings. The van der Waals surface area contributed by atoms with Crippen LogP contribution in [0.15, 0.2) is 72.8 Å². The maximum Gasteiger partial charge on any atom is 0.243 e. The Morgan fingerprint density at radius 2 is 1.44 bits per heavy atom. The van der Waals surface area contributed by atoms with E-state index in [9.17, 15) is 9.59 Å². The monoisotopic (exact) mass is 456 g/mol. The summed E-state index contributed by atoms with van der Waals surface area (Å²) in [7, 11) is 0. The maximum atomic E-state index is 13.8. The minimum Gasteiger partial charge on any atom is -0.354 e. The Balaban J connectivity index is 1.97. The van der Waals surface area contributed by atoms with E-state index in [1.165, 1.54) is 0 Å². The Hall–Kier alpha value is -3.40. The van der Waals surface area contributed by atoms with Crippen LogP contribution in [0.1, 0.15) is 46.7 Å². The third kappa shape index (κ3) is 7.31. The molecule has 1 unspecified atom stereocenters. The average molecular weight is 457 g/mol. The van der Waals surface area contributed by atoms with Gasteiger partial charge in [0.1, 0.15) is 6.04 Å². The zero-order valence-corrected chi connectivity index (χ0v) is 20.8. The minimum atomic E-state index is -0.590. The third-order valence-electron chi connectivity index (χ3n) is 5.89. The van der Waals surface area contributed by atoms with Crippen molar-refractivity contribution in [2.24, 2.45) is 0 Å². The number of aryl methyl sites for hydroxylation is 3. The first-order valence-corrected chi connectivity index (χ1v) is 12.1. The van der Waals surface area contributed by atoms with E-state index in [2.05, 4.69) is 29.6 Å². The van der Waals surface area contributed by atoms with E-state index in [1.807, 2.05) is 76.2 Å². The molecule has 0 aliphatic heterocycles. The first kappa shape index (κ1) is 25.2. The van der Waals surface area contributed by atoms with Gasteiger partial charge in [-0.15, -0.1) is 0 Å². The van der Waals surface area contributed by atoms with Gasteiger partial charge in [0, 0.05) is 19.5 Å². The van der Waals surface area contributed by atoms with Crippen LogP contribution in [-0.2, 0) is 29.0 Å². The van der Waals surface area contributed by atoms with Gasteiger partial charge in [-0.3, -0.25) is 9.59 Å². The molecular formula is C30H36N2O2. The number of carbonyl (C=O) groups excluding carboxylic acids is 2. The summed E-state index contributed by atoms with van der Waals surface area (Å²) < 4.78 is 0. The maximum absolute atomic E-state index is 13.8. The Morgan fingerprint density at radius 3 is 2.09 bits per heavy atom. The Labute approximate surface area is 204 Å². The lowest BCUT2D eigenvalue weighted by Gasteiger charge is -2.32. The highest BCUT2D eigenvalue weighted by Gasteiger charge is 2.30. The highest BCUT2D eigenvalue weighted by Crippen LogP contribution is 2.18. The molecule has 2 amide bonds. The van der Waals surface area contributed by atoms with Crippen LogP contribution in [0.2, 0.25) is 0 Å². The SMILES string of the molecule is CCCNC(=O)C(Cc1ccccc1)N(Cc1cccc(C)c1)C(=O)Cc1cc(C)cc(C)c1. The lowest BCUT2D eigenvalue weighted by Crippen LogP contribution is -2.51. The van der Waals surface area contributed by atoms with Crippen LogP contribution in [-0.4, -0.2) is 29.3 Å². The number of benzene rings is 3. The molecule has 1 atom stereocenters. The van der Waals surface area contributed by atoms with Crippen LogP contribution in [0.4, 0.5) is 0 Å². The molecule has 0 saturated carbocycles. The summed E-state index contributed by atoms with van der Waals surface area (Å²) in [4.78, 5) is 28.9. The van der Waals surface area contributed by atoms with E-state index in [1.54, 1.807) is 4.90 Å². The number of carbonyl (C=O) groups is 2. The van der Waals surface area contributed by atoms with E-state index in [0.29, 0.717) is 19.5 Å². The van der Waals surface area contributed by atoms with Crippen molar-refractivity contribution >= 4 is 11.8 Å². The second kappa shape index (κ2) is 12.2. The first-order valence-electron chi connectivity index (χ1n) is 12.1. The Kier molecular flexibility index (Phi) is 9.03. The molecular weight excluding hydrogens is 420 g/mol. The molecule has 0 aromatic heterocycles. The lowest BCUT2D eigenvalue weighted by molar-refractivity contribution is -0.140. The predicted molar refractivity (Wildman–Crippen MR) is 139 cm³/mol. The number of nitrogens with zero attached hydrogens (tertiary/aromatic N) is 1. The predicted octanol–water partition coefficient (Wildman–Crippen LogP) is 5.32. The minimum absolute atomic E-state index is 0.0425. The number of hydrogen-bond acceptors (Lipinski definition) is 2. The summed E-state index contributed by atoms with van der Waals surface area (Å²) in [6.45, 7) is 9.14. The second-order valence-corrected chi connectivity index (χ2v) is 9.18. The van der Waals surface area contributed by atoms with E-state index in [4.69, 9.17) is 0 Å². The molecule has 0 aliphatic rings. The zero-order chi connectivity index (χ0) is 24.5. The molecule has 3 aromatic rings. The van der Waals surface area contributed by atoms with Crippen LogP contribution in [0.5, 0.6) is 0 Å². The summed E-state index contributed by atoms with van der Waals surface area (Å²) in [5.74, 6) is -0.147. The number of amides is 2. The summed E-state index contributed by atoms with van der Waals surface area (Å²) in [5, 5.41) is 3.03. The van der Waals surface area contributed by atoms with Crippen molar-refractivity contribution in [1.82, 2.24) is 10.2 Å². The lowest BCUT2D eigenvalue weighted by atomic mass is 10.00. The molecule has 178 valence electrons. The number of hydrogen-bond donors (Lipinski definition) is 1. The van der Waals surface area contributed by atoms with Gasteiger partial charge in [0.05, 0.1) is 6.42 Å². The average Bonchev–Trinajstić information content (AvgIpc) is 2.79. The normalized spacial score (nSPS) is 11.6. The topological polar surface area (TPSA) is 49.4 Å². The van der Waals surface area contributed by atoms with Gasteiger partial charge in [0.25, 0.3) is 0 Å². The fourth-order valence-corrected chi connectivity index (χ4v) is 4.37. The van der Waals surface area contributed by atoms with Crippen LogP contribution in [0, 0.1) is 20.8 Å². The molecule has 3 aromatic carbocycles. The van der Waals surface area contributed by atoms with Crippen molar-refractivity contribution in [3.63, 3.8) is 0 Å². The third-order valence-corrected chi connectivity index (χ3v) is 5.89. The quantitative estimate of drug-likeness (QED) is 0.449. The van der Waals surface area contributed by atoms with Gasteiger partial charge in [0.15, 0.2) is 0 Å². The fraction of sp³-hybridized carbons (Fsp3) is 0.333. The van der Waals surface area contributed by atoms with Gasteiger partial charge >= 0.3 is 0 Å². The fourth-order valence-electron chi connectivity index (χ4n) is 4.37. The van der Waals surface area contributed by atoms with Crippen LogP contribution in [0.25, 0.3) is 0 Å². The first-order chi connectivity index (χ1) is 16.4. The molecule has 0 aliphatic carbocycles. The molecule has 1 N–H and O–H groups in total. The van der Waals surface area contributed by atoms with Gasteiger partial charge in [-0.25, -0.2) is 0 Å². The standard InChI is InChI=1S/C30H36N2O2/c1-5-14-31-30(34)28(19-25-11-7-6-8-12-25)32(21-26-13-9-10-22(2)16-26)29(33)20-27-17-23(3)15-24(4)18-27/h6-13,15-18,28H,5,14,19-21H2,1-4H3,(H,31,34). The van der Waals surface area contributed by atoms with Crippen LogP contribution >= 0.6 is 0 Å². The molecule has 0 radical (unpaired) electrons. The smallest absolute Gasteiger partial charge is 0.243 e. The summed E-state index contributed by atoms with van der Waals surface area (Å²) in [6, 6.07) is 23.7. The second-order valence-electron chi connectivity index (χ2n) is 9.18. The van der Waals surface area contributed by atoms with Gasteiger partial charge < -0.3 is 10.2 Å². The molecule has 34 heavy (non-hydrogen) atoms. The number of rotatable bonds is 10. The Bertz CT molecular complexity index is 1090. The van der Waals surface area contributed by atoms with E-state index in [-0.39, 0.29) is 18.2 Å². The summed E-state index contributed by atoms with van der Waals surface area (Å²) in [6.07, 6.45) is 1.58. The van der Waals surface area contributed by atoms with Crippen LogP contribution in [0.3, 0.4) is 0 Å². The van der Waals surface area contributed by atoms with Crippen molar-refractivity contribution < 1.29 is 9.59 Å². The van der Waals surface area contributed by atoms with Crippen molar-refractivity contribution in [2.45, 2.75) is 59.5 Å². The van der Waals surface area contributed by atoms with Gasteiger partial charge in [-0.1, -0.05) is 96.4 Å². The van der Waals surface area contributed by atoms with Crippen LogP contribution < -0.4 is 5.32 Å². The Morgan fingerprint density at radius 1 is 0.794 bits per heavy atom. The largest absolute Gasteiger partial charge is 0.354 e. The zero-order valence-electron chi connectivity index (χ0n) is 20.8. The molecule has 4 nitrogen and oxygen atoms in total. The molecule has 0 bridgehead atoms. The van der Waals surface area contributed by atoms with Crippen molar-refractivity contribution in [3.8, 4) is 0 Å². The van der Waals surface area contributed by atoms with E-state index < -0.39 is 6.04 Å². The van der Waals surface area contributed by atoms with Gasteiger partial charge in [-0.2, -0.15) is 0 Å². The summed E-state index contributed by atoms with van der Waals surface area (Å²) >= 11 is 0. The molecule has 0 saturated heterocycles. The molecule has 0 heterocycles. The molecule has 0 spiro atoms. The molecule has 3 rings (SSSR count). The van der Waals surface area contributed by atoms with Gasteiger partial charge in [-0.05, 0) is 43.9 Å². The highest BCUT2D eigenvalue weighted by molar-refractivity contribution is 5.88. The summed E-state index contributed by atoms with van der Waals surface area (Å²) in [5.41, 5.74) is 6.44. The van der Waals surface area contributed by atoms with E-state index in [0.717, 1.165) is 39.8 Å². The highest BCUT2D eigenvalue weighted by atomic mass is 16.2. The number of nitrogens with one attached hydrogen (secondary N) is 1. The molecule has 4 heteroatoms.